The van der Waals surface area contributed by atoms with Crippen LogP contribution < -0.4 is 0 Å². The normalized spacial score (nSPS) is 16.3. The van der Waals surface area contributed by atoms with E-state index < -0.39 is 0 Å². The maximum Gasteiger partial charge on any atom is 0.258 e. The van der Waals surface area contributed by atoms with Crippen LogP contribution in [0.3, 0.4) is 0 Å². The van der Waals surface area contributed by atoms with Crippen LogP contribution in [0.1, 0.15) is 43.0 Å². The van der Waals surface area contributed by atoms with Crippen LogP contribution in [0.5, 0.6) is 5.75 Å². The lowest BCUT2D eigenvalue weighted by atomic mass is 10.1. The predicted molar refractivity (Wildman–Crippen MR) is 67.3 cm³/mol. The van der Waals surface area contributed by atoms with E-state index in [2.05, 4.69) is 10.1 Å². The van der Waals surface area contributed by atoms with Gasteiger partial charge in [0.05, 0.1) is 0 Å². The third-order valence-electron chi connectivity index (χ3n) is 3.70. The molecule has 1 aromatic carbocycles. The fourth-order valence-corrected chi connectivity index (χ4v) is 2.55. The number of benzene rings is 1. The summed E-state index contributed by atoms with van der Waals surface area (Å²) in [7, 11) is 0. The van der Waals surface area contributed by atoms with Crippen LogP contribution in [0, 0.1) is 6.92 Å². The first-order valence-electron chi connectivity index (χ1n) is 6.38. The molecule has 0 saturated heterocycles. The Morgan fingerprint density at radius 1 is 1.28 bits per heavy atom. The van der Waals surface area contributed by atoms with Crippen molar-refractivity contribution in [2.75, 3.05) is 0 Å². The number of aromatic nitrogens is 2. The molecule has 4 nitrogen and oxygen atoms in total. The van der Waals surface area contributed by atoms with Crippen molar-refractivity contribution in [3.63, 3.8) is 0 Å². The molecule has 0 spiro atoms. The number of aromatic hydroxyl groups is 1. The van der Waals surface area contributed by atoms with E-state index in [1.807, 2.05) is 13.0 Å². The van der Waals surface area contributed by atoms with Gasteiger partial charge in [-0.25, -0.2) is 0 Å². The summed E-state index contributed by atoms with van der Waals surface area (Å²) in [5.41, 5.74) is 1.59. The molecule has 1 heterocycles. The van der Waals surface area contributed by atoms with E-state index in [9.17, 15) is 5.11 Å². The van der Waals surface area contributed by atoms with Gasteiger partial charge in [-0.1, -0.05) is 24.1 Å². The Bertz CT molecular complexity index is 557. The molecule has 1 N–H and O–H groups in total. The van der Waals surface area contributed by atoms with Crippen molar-refractivity contribution in [1.29, 1.82) is 0 Å². The molecule has 0 bridgehead atoms. The van der Waals surface area contributed by atoms with Crippen molar-refractivity contribution >= 4 is 0 Å². The minimum atomic E-state index is 0.258. The Kier molecular flexibility index (Phi) is 2.78. The Hall–Kier alpha value is -1.84. The van der Waals surface area contributed by atoms with E-state index in [1.54, 1.807) is 12.1 Å². The van der Waals surface area contributed by atoms with Crippen molar-refractivity contribution in [1.82, 2.24) is 10.1 Å². The molecule has 1 aliphatic rings. The van der Waals surface area contributed by atoms with E-state index >= 15 is 0 Å². The van der Waals surface area contributed by atoms with Gasteiger partial charge in [0.2, 0.25) is 0 Å². The second-order valence-corrected chi connectivity index (χ2v) is 4.89. The molecule has 0 aliphatic heterocycles. The number of phenolic OH excluding ortho intramolecular Hbond substituents is 1. The smallest absolute Gasteiger partial charge is 0.258 e. The van der Waals surface area contributed by atoms with Crippen LogP contribution in [0.4, 0.5) is 0 Å². The second-order valence-electron chi connectivity index (χ2n) is 4.89. The van der Waals surface area contributed by atoms with Gasteiger partial charge in [-0.2, -0.15) is 4.98 Å². The van der Waals surface area contributed by atoms with Gasteiger partial charge < -0.3 is 9.63 Å². The summed E-state index contributed by atoms with van der Waals surface area (Å²) in [6, 6.07) is 5.34. The molecule has 1 aliphatic carbocycles. The van der Waals surface area contributed by atoms with Crippen LogP contribution in [0.25, 0.3) is 11.5 Å². The monoisotopic (exact) mass is 244 g/mol. The maximum atomic E-state index is 9.69. The first kappa shape index (κ1) is 11.3. The zero-order valence-electron chi connectivity index (χ0n) is 10.4. The highest BCUT2D eigenvalue weighted by Gasteiger charge is 2.23. The van der Waals surface area contributed by atoms with E-state index in [0.717, 1.165) is 29.8 Å². The first-order valence-corrected chi connectivity index (χ1v) is 6.38. The molecule has 4 heteroatoms. The number of nitrogens with zero attached hydrogens (tertiary/aromatic N) is 2. The van der Waals surface area contributed by atoms with E-state index in [4.69, 9.17) is 4.52 Å². The van der Waals surface area contributed by atoms with Gasteiger partial charge in [0.25, 0.3) is 5.89 Å². The summed E-state index contributed by atoms with van der Waals surface area (Å²) in [5, 5.41) is 13.8. The van der Waals surface area contributed by atoms with Crippen LogP contribution in [0.2, 0.25) is 0 Å². The number of phenols is 1. The quantitative estimate of drug-likeness (QED) is 0.879. The minimum absolute atomic E-state index is 0.258. The van der Waals surface area contributed by atoms with Gasteiger partial charge in [-0.05, 0) is 31.9 Å². The van der Waals surface area contributed by atoms with Crippen molar-refractivity contribution in [3.8, 4) is 17.2 Å². The van der Waals surface area contributed by atoms with Gasteiger partial charge in [-0.15, -0.1) is 0 Å². The topological polar surface area (TPSA) is 59.2 Å². The van der Waals surface area contributed by atoms with Gasteiger partial charge in [0.15, 0.2) is 5.82 Å². The van der Waals surface area contributed by atoms with Crippen molar-refractivity contribution in [3.05, 3.63) is 29.6 Å². The molecule has 94 valence electrons. The number of rotatable bonds is 2. The first-order chi connectivity index (χ1) is 8.75. The average Bonchev–Trinajstić information content (AvgIpc) is 3.01. The standard InChI is InChI=1S/C14H16N2O2/c1-9-11(7-4-8-12(9)17)14-15-13(16-18-14)10-5-2-3-6-10/h4,7-8,10,17H,2-3,5-6H2,1H3. The Labute approximate surface area is 106 Å². The van der Waals surface area contributed by atoms with Crippen molar-refractivity contribution in [2.45, 2.75) is 38.5 Å². The molecule has 0 unspecified atom stereocenters. The van der Waals surface area contributed by atoms with Gasteiger partial charge in [0.1, 0.15) is 5.75 Å². The highest BCUT2D eigenvalue weighted by molar-refractivity contribution is 5.61. The lowest BCUT2D eigenvalue weighted by Gasteiger charge is -2.02. The van der Waals surface area contributed by atoms with E-state index in [0.29, 0.717) is 11.8 Å². The van der Waals surface area contributed by atoms with Crippen LogP contribution in [-0.4, -0.2) is 15.2 Å². The Balaban J connectivity index is 1.95. The van der Waals surface area contributed by atoms with Gasteiger partial charge >= 0.3 is 0 Å². The molecule has 0 amide bonds. The molecule has 1 aromatic heterocycles. The zero-order chi connectivity index (χ0) is 12.5. The minimum Gasteiger partial charge on any atom is -0.508 e. The fourth-order valence-electron chi connectivity index (χ4n) is 2.55. The Morgan fingerprint density at radius 3 is 2.83 bits per heavy atom. The highest BCUT2D eigenvalue weighted by Crippen LogP contribution is 2.34. The van der Waals surface area contributed by atoms with Crippen molar-refractivity contribution < 1.29 is 9.63 Å². The average molecular weight is 244 g/mol. The summed E-state index contributed by atoms with van der Waals surface area (Å²) in [6.45, 7) is 1.85. The van der Waals surface area contributed by atoms with Gasteiger partial charge in [0, 0.05) is 17.0 Å². The summed E-state index contributed by atoms with van der Waals surface area (Å²) < 4.78 is 5.33. The maximum absolute atomic E-state index is 9.69. The number of hydrogen-bond donors (Lipinski definition) is 1. The largest absolute Gasteiger partial charge is 0.508 e. The molecule has 1 saturated carbocycles. The molecular weight excluding hydrogens is 228 g/mol. The third-order valence-corrected chi connectivity index (χ3v) is 3.70. The molecule has 2 aromatic rings. The summed E-state index contributed by atoms with van der Waals surface area (Å²) >= 11 is 0. The molecule has 1 fully saturated rings. The van der Waals surface area contributed by atoms with Crippen LogP contribution in [0.15, 0.2) is 22.7 Å². The summed E-state index contributed by atoms with van der Waals surface area (Å²) in [4.78, 5) is 4.48. The molecule has 3 rings (SSSR count). The zero-order valence-corrected chi connectivity index (χ0v) is 10.4. The lowest BCUT2D eigenvalue weighted by Crippen LogP contribution is -1.94. The third kappa shape index (κ3) is 1.88. The number of hydrogen-bond acceptors (Lipinski definition) is 4. The van der Waals surface area contributed by atoms with Crippen LogP contribution >= 0.6 is 0 Å². The van der Waals surface area contributed by atoms with Crippen LogP contribution in [-0.2, 0) is 0 Å². The summed E-state index contributed by atoms with van der Waals surface area (Å²) in [6.07, 6.45) is 4.80. The SMILES string of the molecule is Cc1c(O)cccc1-c1nc(C2CCCC2)no1. The predicted octanol–water partition coefficient (Wildman–Crippen LogP) is 3.41. The Morgan fingerprint density at radius 2 is 2.06 bits per heavy atom. The lowest BCUT2D eigenvalue weighted by molar-refractivity contribution is 0.415. The molecule has 18 heavy (non-hydrogen) atoms. The second kappa shape index (κ2) is 4.44. The van der Waals surface area contributed by atoms with E-state index in [1.165, 1.54) is 12.8 Å². The van der Waals surface area contributed by atoms with Gasteiger partial charge in [-0.3, -0.25) is 0 Å². The van der Waals surface area contributed by atoms with Crippen molar-refractivity contribution in [2.24, 2.45) is 0 Å². The fraction of sp³-hybridized carbons (Fsp3) is 0.429. The van der Waals surface area contributed by atoms with E-state index in [-0.39, 0.29) is 5.75 Å². The summed E-state index contributed by atoms with van der Waals surface area (Å²) in [5.74, 6) is 2.02. The highest BCUT2D eigenvalue weighted by atomic mass is 16.5. The molecule has 0 atom stereocenters. The molecular formula is C14H16N2O2. The molecule has 0 radical (unpaired) electrons.